The number of carbonyl (C=O) groups is 3. The highest BCUT2D eigenvalue weighted by molar-refractivity contribution is 5.99. The van der Waals surface area contributed by atoms with Gasteiger partial charge in [0.1, 0.15) is 6.04 Å². The third-order valence-electron chi connectivity index (χ3n) is 5.26. The Morgan fingerprint density at radius 2 is 1.77 bits per heavy atom. The Morgan fingerprint density at radius 3 is 2.50 bits per heavy atom. The lowest BCUT2D eigenvalue weighted by Crippen LogP contribution is -2.50. The molecule has 2 aliphatic rings. The van der Waals surface area contributed by atoms with Crippen LogP contribution in [0.15, 0.2) is 24.3 Å². The zero-order valence-corrected chi connectivity index (χ0v) is 15.4. The number of amides is 3. The summed E-state index contributed by atoms with van der Waals surface area (Å²) in [5, 5.41) is 2.88. The van der Waals surface area contributed by atoms with Gasteiger partial charge in [-0.05, 0) is 50.7 Å². The van der Waals surface area contributed by atoms with Crippen molar-refractivity contribution < 1.29 is 14.4 Å². The Labute approximate surface area is 154 Å². The van der Waals surface area contributed by atoms with E-state index in [1.165, 1.54) is 0 Å². The summed E-state index contributed by atoms with van der Waals surface area (Å²) in [4.78, 5) is 41.3. The van der Waals surface area contributed by atoms with Crippen molar-refractivity contribution in [3.05, 3.63) is 35.4 Å². The van der Waals surface area contributed by atoms with Crippen molar-refractivity contribution in [2.24, 2.45) is 0 Å². The number of rotatable bonds is 4. The fraction of sp³-hybridized carbons (Fsp3) is 0.550. The van der Waals surface area contributed by atoms with Gasteiger partial charge in [0.15, 0.2) is 0 Å². The maximum atomic E-state index is 12.9. The summed E-state index contributed by atoms with van der Waals surface area (Å²) in [6.45, 7) is 4.15. The second kappa shape index (κ2) is 8.34. The third kappa shape index (κ3) is 4.23. The van der Waals surface area contributed by atoms with E-state index in [1.807, 2.05) is 30.0 Å². The number of aryl methyl sites for hydroxylation is 1. The van der Waals surface area contributed by atoms with Crippen LogP contribution < -0.4 is 5.32 Å². The van der Waals surface area contributed by atoms with E-state index < -0.39 is 6.04 Å². The first kappa shape index (κ1) is 18.4. The number of nitrogens with zero attached hydrogens (tertiary/aromatic N) is 2. The molecule has 0 saturated carbocycles. The molecule has 2 aliphatic heterocycles. The van der Waals surface area contributed by atoms with Crippen LogP contribution >= 0.6 is 0 Å². The molecule has 0 aliphatic carbocycles. The first-order valence-corrected chi connectivity index (χ1v) is 9.49. The fourth-order valence-electron chi connectivity index (χ4n) is 3.69. The molecule has 0 bridgehead atoms. The summed E-state index contributed by atoms with van der Waals surface area (Å²) in [6, 6.07) is 6.79. The Hall–Kier alpha value is -2.37. The van der Waals surface area contributed by atoms with Crippen LogP contribution in [0.2, 0.25) is 0 Å². The second-order valence-corrected chi connectivity index (χ2v) is 7.18. The van der Waals surface area contributed by atoms with E-state index >= 15 is 0 Å². The molecule has 1 atom stereocenters. The molecule has 0 spiro atoms. The van der Waals surface area contributed by atoms with Gasteiger partial charge in [-0.3, -0.25) is 14.4 Å². The highest BCUT2D eigenvalue weighted by Crippen LogP contribution is 2.15. The van der Waals surface area contributed by atoms with Crippen LogP contribution in [-0.4, -0.2) is 59.7 Å². The second-order valence-electron chi connectivity index (χ2n) is 7.18. The minimum absolute atomic E-state index is 0.0155. The zero-order chi connectivity index (χ0) is 18.5. The summed E-state index contributed by atoms with van der Waals surface area (Å²) >= 11 is 0. The molecule has 3 amide bonds. The topological polar surface area (TPSA) is 69.7 Å². The average molecular weight is 357 g/mol. The number of benzene rings is 1. The molecule has 1 unspecified atom stereocenters. The largest absolute Gasteiger partial charge is 0.341 e. The molecule has 26 heavy (non-hydrogen) atoms. The molecule has 2 fully saturated rings. The number of hydrogen-bond acceptors (Lipinski definition) is 3. The van der Waals surface area contributed by atoms with Crippen molar-refractivity contribution in [3.63, 3.8) is 0 Å². The van der Waals surface area contributed by atoms with Crippen molar-refractivity contribution in [2.45, 2.75) is 45.1 Å². The first-order valence-electron chi connectivity index (χ1n) is 9.49. The van der Waals surface area contributed by atoms with E-state index in [9.17, 15) is 14.4 Å². The van der Waals surface area contributed by atoms with Crippen molar-refractivity contribution in [1.29, 1.82) is 0 Å². The normalized spacial score (nSPS) is 20.8. The summed E-state index contributed by atoms with van der Waals surface area (Å²) in [6.07, 6.45) is 4.41. The first-order chi connectivity index (χ1) is 12.6. The van der Waals surface area contributed by atoms with Crippen molar-refractivity contribution in [1.82, 2.24) is 15.1 Å². The van der Waals surface area contributed by atoms with E-state index in [0.29, 0.717) is 18.5 Å². The fourth-order valence-corrected chi connectivity index (χ4v) is 3.69. The average Bonchev–Trinajstić information content (AvgIpc) is 3.12. The maximum absolute atomic E-state index is 12.9. The highest BCUT2D eigenvalue weighted by Gasteiger charge is 2.31. The Balaban J connectivity index is 1.65. The van der Waals surface area contributed by atoms with Gasteiger partial charge in [-0.25, -0.2) is 0 Å². The molecular formula is C20H27N3O3. The number of nitrogens with one attached hydrogen (secondary N) is 1. The lowest BCUT2D eigenvalue weighted by atomic mass is 10.1. The van der Waals surface area contributed by atoms with Gasteiger partial charge in [0.25, 0.3) is 5.91 Å². The van der Waals surface area contributed by atoms with Crippen LogP contribution in [0, 0.1) is 6.92 Å². The summed E-state index contributed by atoms with van der Waals surface area (Å²) in [7, 11) is 0. The van der Waals surface area contributed by atoms with Gasteiger partial charge in [0.05, 0.1) is 6.54 Å². The van der Waals surface area contributed by atoms with Crippen LogP contribution in [0.25, 0.3) is 0 Å². The lowest BCUT2D eigenvalue weighted by molar-refractivity contribution is -0.140. The van der Waals surface area contributed by atoms with Gasteiger partial charge >= 0.3 is 0 Å². The predicted molar refractivity (Wildman–Crippen MR) is 98.7 cm³/mol. The van der Waals surface area contributed by atoms with E-state index in [0.717, 1.165) is 44.3 Å². The molecule has 2 saturated heterocycles. The van der Waals surface area contributed by atoms with Crippen LogP contribution in [0.1, 0.15) is 48.0 Å². The van der Waals surface area contributed by atoms with Gasteiger partial charge in [-0.15, -0.1) is 0 Å². The number of hydrogen-bond donors (Lipinski definition) is 1. The third-order valence-corrected chi connectivity index (χ3v) is 5.26. The minimum atomic E-state index is -0.559. The van der Waals surface area contributed by atoms with E-state index in [1.54, 1.807) is 11.0 Å². The molecule has 1 aromatic carbocycles. The molecular weight excluding hydrogens is 330 g/mol. The van der Waals surface area contributed by atoms with E-state index in [2.05, 4.69) is 5.32 Å². The van der Waals surface area contributed by atoms with E-state index in [-0.39, 0.29) is 24.3 Å². The molecule has 6 heteroatoms. The van der Waals surface area contributed by atoms with E-state index in [4.69, 9.17) is 0 Å². The van der Waals surface area contributed by atoms with Crippen molar-refractivity contribution >= 4 is 17.7 Å². The summed E-state index contributed by atoms with van der Waals surface area (Å²) in [5.41, 5.74) is 1.47. The Morgan fingerprint density at radius 1 is 1.08 bits per heavy atom. The number of carbonyl (C=O) groups excluding carboxylic acids is 3. The van der Waals surface area contributed by atoms with Gasteiger partial charge < -0.3 is 15.1 Å². The molecule has 0 aromatic heterocycles. The minimum Gasteiger partial charge on any atom is -0.341 e. The summed E-state index contributed by atoms with van der Waals surface area (Å²) in [5.74, 6) is -0.354. The molecule has 3 rings (SSSR count). The summed E-state index contributed by atoms with van der Waals surface area (Å²) < 4.78 is 0. The standard InChI is InChI=1S/C20H27N3O3/c1-15-8-2-3-9-16(15)19(25)21-17-10-4-5-13-23(20(17)26)14-18(24)22-11-6-7-12-22/h2-3,8-9,17H,4-7,10-14H2,1H3,(H,21,25). The molecule has 2 heterocycles. The molecule has 1 aromatic rings. The number of likely N-dealkylation sites (tertiary alicyclic amines) is 2. The van der Waals surface area contributed by atoms with Crippen LogP contribution in [0.4, 0.5) is 0 Å². The Kier molecular flexibility index (Phi) is 5.91. The molecule has 0 radical (unpaired) electrons. The van der Waals surface area contributed by atoms with Crippen molar-refractivity contribution in [2.75, 3.05) is 26.2 Å². The van der Waals surface area contributed by atoms with Gasteiger partial charge in [-0.1, -0.05) is 18.2 Å². The maximum Gasteiger partial charge on any atom is 0.252 e. The van der Waals surface area contributed by atoms with Gasteiger partial charge in [-0.2, -0.15) is 0 Å². The van der Waals surface area contributed by atoms with Gasteiger partial charge in [0.2, 0.25) is 11.8 Å². The van der Waals surface area contributed by atoms with Crippen LogP contribution in [0.5, 0.6) is 0 Å². The highest BCUT2D eigenvalue weighted by atomic mass is 16.2. The van der Waals surface area contributed by atoms with Crippen LogP contribution in [-0.2, 0) is 9.59 Å². The monoisotopic (exact) mass is 357 g/mol. The SMILES string of the molecule is Cc1ccccc1C(=O)NC1CCCCN(CC(=O)N2CCCC2)C1=O. The quantitative estimate of drug-likeness (QED) is 0.892. The molecule has 1 N–H and O–H groups in total. The zero-order valence-electron chi connectivity index (χ0n) is 15.4. The Bertz CT molecular complexity index is 683. The molecule has 6 nitrogen and oxygen atoms in total. The van der Waals surface area contributed by atoms with Gasteiger partial charge in [0, 0.05) is 25.2 Å². The van der Waals surface area contributed by atoms with Crippen molar-refractivity contribution in [3.8, 4) is 0 Å². The predicted octanol–water partition coefficient (Wildman–Crippen LogP) is 1.73. The molecule has 140 valence electrons. The van der Waals surface area contributed by atoms with Crippen LogP contribution in [0.3, 0.4) is 0 Å². The smallest absolute Gasteiger partial charge is 0.252 e. The lowest BCUT2D eigenvalue weighted by Gasteiger charge is -2.26.